The highest BCUT2D eigenvalue weighted by molar-refractivity contribution is 6.29. The first-order valence-electron chi connectivity index (χ1n) is 5.63. The van der Waals surface area contributed by atoms with Crippen molar-refractivity contribution in [2.45, 2.75) is 6.42 Å². The molecule has 4 heteroatoms. The summed E-state index contributed by atoms with van der Waals surface area (Å²) in [4.78, 5) is 4.51. The van der Waals surface area contributed by atoms with Crippen molar-refractivity contribution in [3.8, 4) is 5.75 Å². The van der Waals surface area contributed by atoms with Crippen molar-refractivity contribution < 1.29 is 5.11 Å². The first kappa shape index (κ1) is 11.1. The largest absolute Gasteiger partial charge is 0.508 e. The van der Waals surface area contributed by atoms with Crippen molar-refractivity contribution in [3.05, 3.63) is 65.1 Å². The number of benzene rings is 1. The number of pyridine rings is 1. The van der Waals surface area contributed by atoms with E-state index in [0.717, 1.165) is 23.3 Å². The zero-order valence-corrected chi connectivity index (χ0v) is 10.3. The molecule has 0 aliphatic rings. The second kappa shape index (κ2) is 4.35. The number of nitrogens with zero attached hydrogens (tertiary/aromatic N) is 2. The lowest BCUT2D eigenvalue weighted by atomic mass is 10.1. The second-order valence-corrected chi connectivity index (χ2v) is 4.54. The third-order valence-corrected chi connectivity index (χ3v) is 3.12. The molecule has 3 nitrogen and oxygen atoms in total. The van der Waals surface area contributed by atoms with Gasteiger partial charge in [0.15, 0.2) is 0 Å². The van der Waals surface area contributed by atoms with Gasteiger partial charge in [0, 0.05) is 12.6 Å². The van der Waals surface area contributed by atoms with Crippen LogP contribution in [0.15, 0.2) is 48.7 Å². The number of hydrogen-bond donors (Lipinski definition) is 1. The molecule has 18 heavy (non-hydrogen) atoms. The Hall–Kier alpha value is -2.00. The Bertz CT molecular complexity index is 689. The van der Waals surface area contributed by atoms with Crippen LogP contribution in [0.1, 0.15) is 11.3 Å². The monoisotopic (exact) mass is 258 g/mol. The van der Waals surface area contributed by atoms with Crippen molar-refractivity contribution in [2.24, 2.45) is 0 Å². The van der Waals surface area contributed by atoms with E-state index in [1.807, 2.05) is 40.9 Å². The fourth-order valence-corrected chi connectivity index (χ4v) is 2.14. The van der Waals surface area contributed by atoms with Gasteiger partial charge in [-0.05, 0) is 29.8 Å². The van der Waals surface area contributed by atoms with Gasteiger partial charge in [0.25, 0.3) is 0 Å². The molecule has 1 N–H and O–H groups in total. The SMILES string of the molecule is Oc1ccc(Cc2cn3c(Cl)cccc3n2)cc1. The number of halogens is 1. The number of fused-ring (bicyclic) bond motifs is 1. The predicted molar refractivity (Wildman–Crippen MR) is 71.1 cm³/mol. The number of imidazole rings is 1. The van der Waals surface area contributed by atoms with Gasteiger partial charge in [0.05, 0.1) is 5.69 Å². The maximum Gasteiger partial charge on any atom is 0.138 e. The molecule has 0 amide bonds. The third-order valence-electron chi connectivity index (χ3n) is 2.81. The van der Waals surface area contributed by atoms with Gasteiger partial charge in [-0.25, -0.2) is 4.98 Å². The van der Waals surface area contributed by atoms with Crippen LogP contribution in [-0.2, 0) is 6.42 Å². The van der Waals surface area contributed by atoms with E-state index in [1.54, 1.807) is 12.1 Å². The van der Waals surface area contributed by atoms with E-state index >= 15 is 0 Å². The van der Waals surface area contributed by atoms with Crippen LogP contribution in [0, 0.1) is 0 Å². The van der Waals surface area contributed by atoms with E-state index < -0.39 is 0 Å². The minimum atomic E-state index is 0.275. The molecule has 90 valence electrons. The predicted octanol–water partition coefficient (Wildman–Crippen LogP) is 3.28. The zero-order valence-electron chi connectivity index (χ0n) is 9.55. The van der Waals surface area contributed by atoms with Crippen molar-refractivity contribution in [1.82, 2.24) is 9.38 Å². The van der Waals surface area contributed by atoms with Gasteiger partial charge in [0.2, 0.25) is 0 Å². The summed E-state index contributed by atoms with van der Waals surface area (Å²) in [6.07, 6.45) is 2.66. The molecule has 2 heterocycles. The number of aromatic hydroxyl groups is 1. The molecule has 0 saturated carbocycles. The maximum atomic E-state index is 9.24. The summed E-state index contributed by atoms with van der Waals surface area (Å²) < 4.78 is 1.86. The molecule has 3 rings (SSSR count). The Morgan fingerprint density at radius 2 is 1.89 bits per heavy atom. The van der Waals surface area contributed by atoms with Gasteiger partial charge in [-0.3, -0.25) is 4.40 Å². The number of phenols is 1. The van der Waals surface area contributed by atoms with Gasteiger partial charge in [-0.1, -0.05) is 29.8 Å². The third kappa shape index (κ3) is 2.05. The Balaban J connectivity index is 1.95. The molecule has 0 radical (unpaired) electrons. The maximum absolute atomic E-state index is 9.24. The van der Waals surface area contributed by atoms with Crippen molar-refractivity contribution in [3.63, 3.8) is 0 Å². The Kier molecular flexibility index (Phi) is 2.68. The molecule has 2 aromatic heterocycles. The van der Waals surface area contributed by atoms with E-state index in [-0.39, 0.29) is 5.75 Å². The molecule has 0 spiro atoms. The van der Waals surface area contributed by atoms with Gasteiger partial charge in [-0.15, -0.1) is 0 Å². The van der Waals surface area contributed by atoms with Crippen LogP contribution in [-0.4, -0.2) is 14.5 Å². The van der Waals surface area contributed by atoms with Gasteiger partial charge < -0.3 is 5.11 Å². The average molecular weight is 259 g/mol. The fraction of sp³-hybridized carbons (Fsp3) is 0.0714. The van der Waals surface area contributed by atoms with Crippen LogP contribution in [0.2, 0.25) is 5.15 Å². The average Bonchev–Trinajstić information content (AvgIpc) is 2.76. The van der Waals surface area contributed by atoms with Crippen LogP contribution in [0.3, 0.4) is 0 Å². The molecule has 0 bridgehead atoms. The summed E-state index contributed by atoms with van der Waals surface area (Å²) in [5.74, 6) is 0.275. The summed E-state index contributed by atoms with van der Waals surface area (Å²) >= 11 is 6.08. The zero-order chi connectivity index (χ0) is 12.5. The van der Waals surface area contributed by atoms with E-state index in [9.17, 15) is 5.11 Å². The lowest BCUT2D eigenvalue weighted by molar-refractivity contribution is 0.475. The number of rotatable bonds is 2. The molecular weight excluding hydrogens is 248 g/mol. The van der Waals surface area contributed by atoms with Crippen LogP contribution in [0.5, 0.6) is 5.75 Å². The van der Waals surface area contributed by atoms with Crippen molar-refractivity contribution in [2.75, 3.05) is 0 Å². The summed E-state index contributed by atoms with van der Waals surface area (Å²) in [6, 6.07) is 12.8. The second-order valence-electron chi connectivity index (χ2n) is 4.15. The highest BCUT2D eigenvalue weighted by Gasteiger charge is 2.04. The molecule has 1 aromatic carbocycles. The number of phenolic OH excluding ortho intramolecular Hbond substituents is 1. The topological polar surface area (TPSA) is 37.5 Å². The van der Waals surface area contributed by atoms with Crippen LogP contribution >= 0.6 is 11.6 Å². The lowest BCUT2D eigenvalue weighted by Gasteiger charge is -1.97. The van der Waals surface area contributed by atoms with Crippen LogP contribution in [0.25, 0.3) is 5.65 Å². The van der Waals surface area contributed by atoms with E-state index in [4.69, 9.17) is 11.6 Å². The molecular formula is C14H11ClN2O. The summed E-state index contributed by atoms with van der Waals surface area (Å²) in [5, 5.41) is 9.89. The molecule has 0 saturated heterocycles. The summed E-state index contributed by atoms with van der Waals surface area (Å²) in [6.45, 7) is 0. The smallest absolute Gasteiger partial charge is 0.138 e. The van der Waals surface area contributed by atoms with E-state index in [1.165, 1.54) is 0 Å². The normalized spacial score (nSPS) is 10.9. The van der Waals surface area contributed by atoms with E-state index in [0.29, 0.717) is 5.15 Å². The summed E-state index contributed by atoms with van der Waals surface area (Å²) in [5.41, 5.74) is 2.90. The minimum absolute atomic E-state index is 0.275. The Morgan fingerprint density at radius 3 is 2.61 bits per heavy atom. The number of aromatic nitrogens is 2. The van der Waals surface area contributed by atoms with Crippen LogP contribution in [0.4, 0.5) is 0 Å². The minimum Gasteiger partial charge on any atom is -0.508 e. The van der Waals surface area contributed by atoms with Crippen molar-refractivity contribution in [1.29, 1.82) is 0 Å². The first-order valence-corrected chi connectivity index (χ1v) is 6.00. The summed E-state index contributed by atoms with van der Waals surface area (Å²) in [7, 11) is 0. The molecule has 0 aliphatic carbocycles. The first-order chi connectivity index (χ1) is 8.72. The highest BCUT2D eigenvalue weighted by atomic mass is 35.5. The van der Waals surface area contributed by atoms with E-state index in [2.05, 4.69) is 4.98 Å². The van der Waals surface area contributed by atoms with Gasteiger partial charge in [-0.2, -0.15) is 0 Å². The van der Waals surface area contributed by atoms with Crippen LogP contribution < -0.4 is 0 Å². The fourth-order valence-electron chi connectivity index (χ4n) is 1.94. The molecule has 0 unspecified atom stereocenters. The molecule has 0 fully saturated rings. The lowest BCUT2D eigenvalue weighted by Crippen LogP contribution is -1.87. The molecule has 3 aromatic rings. The Labute approximate surface area is 109 Å². The highest BCUT2D eigenvalue weighted by Crippen LogP contribution is 2.17. The van der Waals surface area contributed by atoms with Crippen molar-refractivity contribution >= 4 is 17.2 Å². The van der Waals surface area contributed by atoms with Gasteiger partial charge >= 0.3 is 0 Å². The quantitative estimate of drug-likeness (QED) is 0.717. The molecule has 0 atom stereocenters. The number of hydrogen-bond acceptors (Lipinski definition) is 2. The standard InChI is InChI=1S/C14H11ClN2O/c15-13-2-1-3-14-16-11(9-17(13)14)8-10-4-6-12(18)7-5-10/h1-7,9,18H,8H2. The Morgan fingerprint density at radius 1 is 1.11 bits per heavy atom. The van der Waals surface area contributed by atoms with Gasteiger partial charge in [0.1, 0.15) is 16.5 Å². The molecule has 0 aliphatic heterocycles.